The van der Waals surface area contributed by atoms with Gasteiger partial charge >= 0.3 is 0 Å². The van der Waals surface area contributed by atoms with Crippen LogP contribution >= 0.6 is 11.6 Å². The summed E-state index contributed by atoms with van der Waals surface area (Å²) in [5.74, 6) is 0.637. The zero-order valence-electron chi connectivity index (χ0n) is 14.5. The van der Waals surface area contributed by atoms with Crippen molar-refractivity contribution in [3.63, 3.8) is 0 Å². The number of ether oxygens (including phenoxy) is 1. The summed E-state index contributed by atoms with van der Waals surface area (Å²) >= 11 is 6.28. The Labute approximate surface area is 149 Å². The van der Waals surface area contributed by atoms with Crippen molar-refractivity contribution in [1.29, 1.82) is 0 Å². The zero-order chi connectivity index (χ0) is 16.9. The molecule has 4 nitrogen and oxygen atoms in total. The van der Waals surface area contributed by atoms with E-state index in [1.165, 1.54) is 24.1 Å². The zero-order valence-corrected chi connectivity index (χ0v) is 15.3. The molecule has 0 amide bonds. The van der Waals surface area contributed by atoms with Gasteiger partial charge in [-0.05, 0) is 44.2 Å². The van der Waals surface area contributed by atoms with Crippen LogP contribution in [0.15, 0.2) is 24.3 Å². The lowest BCUT2D eigenvalue weighted by Crippen LogP contribution is -2.29. The number of aromatic nitrogens is 2. The van der Waals surface area contributed by atoms with Crippen molar-refractivity contribution < 1.29 is 4.74 Å². The van der Waals surface area contributed by atoms with Gasteiger partial charge in [-0.25, -0.2) is 0 Å². The average molecular weight is 348 g/mol. The molecule has 0 bridgehead atoms. The van der Waals surface area contributed by atoms with Crippen molar-refractivity contribution >= 4 is 11.6 Å². The molecule has 24 heavy (non-hydrogen) atoms. The Morgan fingerprint density at radius 1 is 1.33 bits per heavy atom. The minimum atomic E-state index is 0.637. The molecule has 1 N–H and O–H groups in total. The van der Waals surface area contributed by atoms with Crippen LogP contribution in [0.1, 0.15) is 35.4 Å². The van der Waals surface area contributed by atoms with Crippen LogP contribution in [0.3, 0.4) is 0 Å². The molecule has 3 rings (SSSR count). The fourth-order valence-electron chi connectivity index (χ4n) is 3.30. The quantitative estimate of drug-likeness (QED) is 0.865. The summed E-state index contributed by atoms with van der Waals surface area (Å²) in [5, 5.41) is 9.08. The van der Waals surface area contributed by atoms with Gasteiger partial charge in [0, 0.05) is 36.0 Å². The molecular weight excluding hydrogens is 322 g/mol. The first-order chi connectivity index (χ1) is 11.6. The van der Waals surface area contributed by atoms with E-state index in [9.17, 15) is 0 Å². The van der Waals surface area contributed by atoms with Crippen molar-refractivity contribution in [3.8, 4) is 0 Å². The summed E-state index contributed by atoms with van der Waals surface area (Å²) in [4.78, 5) is 0. The van der Waals surface area contributed by atoms with Gasteiger partial charge in [-0.1, -0.05) is 29.8 Å². The average Bonchev–Trinajstić information content (AvgIpc) is 2.85. The molecule has 5 heteroatoms. The largest absolute Gasteiger partial charge is 0.381 e. The number of hydrogen-bond donors (Lipinski definition) is 1. The van der Waals surface area contributed by atoms with Gasteiger partial charge in [0.15, 0.2) is 0 Å². The Bertz CT molecular complexity index is 677. The van der Waals surface area contributed by atoms with Gasteiger partial charge in [-0.15, -0.1) is 0 Å². The lowest BCUT2D eigenvalue weighted by Gasteiger charge is -2.22. The first-order valence-corrected chi connectivity index (χ1v) is 9.07. The van der Waals surface area contributed by atoms with Crippen molar-refractivity contribution in [1.82, 2.24) is 15.1 Å². The standard InChI is InChI=1S/C19H26ClN3O/c1-14-18(11-21-10-16-6-5-9-24-13-16)15(2)23(22-14)12-17-7-3-4-8-19(17)20/h3-4,7-8,16,21H,5-6,9-13H2,1-2H3. The molecular formula is C19H26ClN3O. The van der Waals surface area contributed by atoms with Gasteiger partial charge in [0.25, 0.3) is 0 Å². The smallest absolute Gasteiger partial charge is 0.0677 e. The second kappa shape index (κ2) is 8.15. The Hall–Kier alpha value is -1.36. The lowest BCUT2D eigenvalue weighted by molar-refractivity contribution is 0.0547. The highest BCUT2D eigenvalue weighted by molar-refractivity contribution is 6.31. The van der Waals surface area contributed by atoms with Crippen molar-refractivity contribution in [2.75, 3.05) is 19.8 Å². The summed E-state index contributed by atoms with van der Waals surface area (Å²) in [6, 6.07) is 7.95. The first kappa shape index (κ1) is 17.5. The highest BCUT2D eigenvalue weighted by Crippen LogP contribution is 2.20. The number of rotatable bonds is 6. The third kappa shape index (κ3) is 4.18. The summed E-state index contributed by atoms with van der Waals surface area (Å²) in [6.07, 6.45) is 2.44. The molecule has 0 spiro atoms. The predicted molar refractivity (Wildman–Crippen MR) is 97.5 cm³/mol. The maximum Gasteiger partial charge on any atom is 0.0677 e. The number of hydrogen-bond acceptors (Lipinski definition) is 3. The van der Waals surface area contributed by atoms with Crippen molar-refractivity contribution in [2.45, 2.75) is 39.8 Å². The summed E-state index contributed by atoms with van der Waals surface area (Å²) < 4.78 is 7.60. The van der Waals surface area contributed by atoms with Crippen LogP contribution in [-0.4, -0.2) is 29.5 Å². The van der Waals surface area contributed by atoms with Gasteiger partial charge in [0.2, 0.25) is 0 Å². The molecule has 1 aliphatic rings. The fourth-order valence-corrected chi connectivity index (χ4v) is 3.50. The van der Waals surface area contributed by atoms with Gasteiger partial charge in [-0.3, -0.25) is 4.68 Å². The van der Waals surface area contributed by atoms with Crippen LogP contribution in [-0.2, 0) is 17.8 Å². The number of benzene rings is 1. The van der Waals surface area contributed by atoms with E-state index in [4.69, 9.17) is 21.4 Å². The molecule has 1 aromatic carbocycles. The van der Waals surface area contributed by atoms with E-state index < -0.39 is 0 Å². The molecule has 0 radical (unpaired) electrons. The molecule has 130 valence electrons. The van der Waals surface area contributed by atoms with Gasteiger partial charge in [0.1, 0.15) is 0 Å². The molecule has 2 heterocycles. The van der Waals surface area contributed by atoms with E-state index in [0.29, 0.717) is 12.5 Å². The Morgan fingerprint density at radius 3 is 2.92 bits per heavy atom. The van der Waals surface area contributed by atoms with Crippen LogP contribution in [0.4, 0.5) is 0 Å². The predicted octanol–water partition coefficient (Wildman–Crippen LogP) is 3.72. The molecule has 0 saturated carbocycles. The van der Waals surface area contributed by atoms with Gasteiger partial charge in [-0.2, -0.15) is 5.10 Å². The molecule has 1 fully saturated rings. The van der Waals surface area contributed by atoms with E-state index >= 15 is 0 Å². The van der Waals surface area contributed by atoms with Crippen molar-refractivity contribution in [3.05, 3.63) is 51.8 Å². The maximum atomic E-state index is 6.28. The minimum absolute atomic E-state index is 0.637. The second-order valence-electron chi connectivity index (χ2n) is 6.61. The third-order valence-corrected chi connectivity index (χ3v) is 5.17. The molecule has 0 aliphatic carbocycles. The molecule has 1 saturated heterocycles. The van der Waals surface area contributed by atoms with E-state index in [0.717, 1.165) is 42.6 Å². The number of nitrogens with one attached hydrogen (secondary N) is 1. The summed E-state index contributed by atoms with van der Waals surface area (Å²) in [6.45, 7) is 8.60. The summed E-state index contributed by atoms with van der Waals surface area (Å²) in [5.41, 5.74) is 4.69. The molecule has 1 unspecified atom stereocenters. The second-order valence-corrected chi connectivity index (χ2v) is 7.02. The molecule has 1 atom stereocenters. The molecule has 1 aromatic heterocycles. The molecule has 1 aliphatic heterocycles. The molecule has 2 aromatic rings. The van der Waals surface area contributed by atoms with Gasteiger partial charge in [0.05, 0.1) is 18.8 Å². The summed E-state index contributed by atoms with van der Waals surface area (Å²) in [7, 11) is 0. The number of aryl methyl sites for hydroxylation is 1. The topological polar surface area (TPSA) is 39.1 Å². The monoisotopic (exact) mass is 347 g/mol. The van der Waals surface area contributed by atoms with Crippen LogP contribution in [0.2, 0.25) is 5.02 Å². The lowest BCUT2D eigenvalue weighted by atomic mass is 10.0. The van der Waals surface area contributed by atoms with Crippen LogP contribution in [0.5, 0.6) is 0 Å². The van der Waals surface area contributed by atoms with Crippen LogP contribution in [0.25, 0.3) is 0 Å². The van der Waals surface area contributed by atoms with E-state index in [1.807, 2.05) is 18.2 Å². The normalized spacial score (nSPS) is 18.0. The Morgan fingerprint density at radius 2 is 2.17 bits per heavy atom. The Kier molecular flexibility index (Phi) is 5.93. The van der Waals surface area contributed by atoms with Crippen molar-refractivity contribution in [2.24, 2.45) is 5.92 Å². The van der Waals surface area contributed by atoms with Crippen LogP contribution < -0.4 is 5.32 Å². The van der Waals surface area contributed by atoms with Crippen LogP contribution in [0, 0.1) is 19.8 Å². The SMILES string of the molecule is Cc1nn(Cc2ccccc2Cl)c(C)c1CNCC1CCCOC1. The van der Waals surface area contributed by atoms with E-state index in [2.05, 4.69) is 29.9 Å². The number of halogens is 1. The highest BCUT2D eigenvalue weighted by Gasteiger charge is 2.15. The first-order valence-electron chi connectivity index (χ1n) is 8.70. The number of nitrogens with zero attached hydrogens (tertiary/aromatic N) is 2. The van der Waals surface area contributed by atoms with Gasteiger partial charge < -0.3 is 10.1 Å². The minimum Gasteiger partial charge on any atom is -0.381 e. The van der Waals surface area contributed by atoms with E-state index in [-0.39, 0.29) is 0 Å². The van der Waals surface area contributed by atoms with E-state index in [1.54, 1.807) is 0 Å². The third-order valence-electron chi connectivity index (χ3n) is 4.80. The Balaban J connectivity index is 1.62. The highest BCUT2D eigenvalue weighted by atomic mass is 35.5. The maximum absolute atomic E-state index is 6.28. The fraction of sp³-hybridized carbons (Fsp3) is 0.526.